The highest BCUT2D eigenvalue weighted by Gasteiger charge is 2.07. The number of guanidine groups is 1. The number of nitrogens with zero attached hydrogens (tertiary/aromatic N) is 1. The largest absolute Gasteiger partial charge is 0.376 e. The van der Waals surface area contributed by atoms with Crippen LogP contribution in [0, 0.1) is 5.92 Å². The summed E-state index contributed by atoms with van der Waals surface area (Å²) in [6, 6.07) is 16.7. The van der Waals surface area contributed by atoms with Crippen molar-refractivity contribution >= 4 is 40.0 Å². The Morgan fingerprint density at radius 3 is 2.35 bits per heavy atom. The monoisotopic (exact) mass is 560 g/mol. The van der Waals surface area contributed by atoms with Gasteiger partial charge in [0.25, 0.3) is 0 Å². The zero-order valence-corrected chi connectivity index (χ0v) is 21.2. The minimum absolute atomic E-state index is 0. The highest BCUT2D eigenvalue weighted by atomic mass is 127. The molecule has 0 saturated heterocycles. The molecule has 31 heavy (non-hydrogen) atoms. The predicted octanol–water partition coefficient (Wildman–Crippen LogP) is 2.90. The van der Waals surface area contributed by atoms with E-state index in [-0.39, 0.29) is 28.9 Å². The van der Waals surface area contributed by atoms with E-state index in [9.17, 15) is 8.42 Å². The Balaban J connectivity index is 0.00000480. The van der Waals surface area contributed by atoms with Crippen LogP contribution in [0.15, 0.2) is 64.5 Å². The molecular formula is C22H33IN4O3S. The Kier molecular flexibility index (Phi) is 12.7. The lowest BCUT2D eigenvalue weighted by Crippen LogP contribution is -2.38. The number of rotatable bonds is 11. The van der Waals surface area contributed by atoms with Crippen LogP contribution in [-0.2, 0) is 27.8 Å². The summed E-state index contributed by atoms with van der Waals surface area (Å²) < 4.78 is 28.4. The van der Waals surface area contributed by atoms with Gasteiger partial charge in [-0.3, -0.25) is 4.99 Å². The number of primary sulfonamides is 1. The van der Waals surface area contributed by atoms with Gasteiger partial charge in [0.1, 0.15) is 0 Å². The van der Waals surface area contributed by atoms with E-state index >= 15 is 0 Å². The summed E-state index contributed by atoms with van der Waals surface area (Å²) in [5.41, 5.74) is 2.19. The molecule has 0 aliphatic heterocycles. The van der Waals surface area contributed by atoms with Crippen molar-refractivity contribution in [1.82, 2.24) is 10.6 Å². The number of nitrogens with two attached hydrogens (primary N) is 1. The predicted molar refractivity (Wildman–Crippen MR) is 136 cm³/mol. The van der Waals surface area contributed by atoms with E-state index in [4.69, 9.17) is 9.88 Å². The molecule has 172 valence electrons. The average molecular weight is 561 g/mol. The molecule has 0 fully saturated rings. The summed E-state index contributed by atoms with van der Waals surface area (Å²) in [7, 11) is -3.65. The summed E-state index contributed by atoms with van der Waals surface area (Å²) in [6.45, 7) is 7.51. The molecule has 0 bridgehead atoms. The fraction of sp³-hybridized carbons (Fsp3) is 0.409. The van der Waals surface area contributed by atoms with E-state index in [0.717, 1.165) is 24.5 Å². The normalized spacial score (nSPS) is 12.7. The fourth-order valence-electron chi connectivity index (χ4n) is 2.76. The van der Waals surface area contributed by atoms with Crippen molar-refractivity contribution in [1.29, 1.82) is 0 Å². The first-order valence-electron chi connectivity index (χ1n) is 10.1. The zero-order valence-electron chi connectivity index (χ0n) is 18.1. The third-order valence-electron chi connectivity index (χ3n) is 4.38. The number of sulfonamides is 1. The molecule has 2 aromatic carbocycles. The maximum Gasteiger partial charge on any atom is 0.238 e. The Bertz CT molecular complexity index is 891. The van der Waals surface area contributed by atoms with Crippen LogP contribution in [0.3, 0.4) is 0 Å². The van der Waals surface area contributed by atoms with Gasteiger partial charge in [0.05, 0.1) is 18.1 Å². The van der Waals surface area contributed by atoms with E-state index in [1.807, 2.05) is 25.1 Å². The molecule has 1 atom stereocenters. The minimum Gasteiger partial charge on any atom is -0.376 e. The fourth-order valence-corrected chi connectivity index (χ4v) is 3.28. The molecular weight excluding hydrogens is 527 g/mol. The van der Waals surface area contributed by atoms with Gasteiger partial charge in [0.2, 0.25) is 10.0 Å². The Morgan fingerprint density at radius 1 is 1.06 bits per heavy atom. The minimum atomic E-state index is -3.65. The molecule has 4 N–H and O–H groups in total. The maximum absolute atomic E-state index is 11.3. The first-order chi connectivity index (χ1) is 14.4. The Labute approximate surface area is 202 Å². The van der Waals surface area contributed by atoms with Gasteiger partial charge in [0.15, 0.2) is 5.96 Å². The molecule has 0 aliphatic carbocycles. The molecule has 1 unspecified atom stereocenters. The summed E-state index contributed by atoms with van der Waals surface area (Å²) in [5.74, 6) is 1.06. The van der Waals surface area contributed by atoms with Crippen molar-refractivity contribution in [3.8, 4) is 0 Å². The van der Waals surface area contributed by atoms with Crippen molar-refractivity contribution in [2.24, 2.45) is 16.0 Å². The molecule has 2 rings (SSSR count). The zero-order chi connectivity index (χ0) is 21.8. The summed E-state index contributed by atoms with van der Waals surface area (Å²) in [4.78, 5) is 4.76. The van der Waals surface area contributed by atoms with Crippen LogP contribution in [0.4, 0.5) is 0 Å². The smallest absolute Gasteiger partial charge is 0.238 e. The van der Waals surface area contributed by atoms with Gasteiger partial charge in [-0.25, -0.2) is 13.6 Å². The van der Waals surface area contributed by atoms with Crippen molar-refractivity contribution in [2.75, 3.05) is 26.2 Å². The van der Waals surface area contributed by atoms with Crippen LogP contribution in [0.5, 0.6) is 0 Å². The van der Waals surface area contributed by atoms with E-state index in [1.54, 1.807) is 12.1 Å². The van der Waals surface area contributed by atoms with E-state index in [2.05, 4.69) is 34.7 Å². The molecule has 2 aromatic rings. The summed E-state index contributed by atoms with van der Waals surface area (Å²) in [6.07, 6.45) is 0.741. The van der Waals surface area contributed by atoms with Crippen molar-refractivity contribution < 1.29 is 13.2 Å². The first-order valence-corrected chi connectivity index (χ1v) is 11.7. The quantitative estimate of drug-likeness (QED) is 0.223. The van der Waals surface area contributed by atoms with Crippen LogP contribution in [0.2, 0.25) is 0 Å². The Hall–Kier alpha value is -1.69. The molecule has 0 aliphatic rings. The number of halogens is 1. The van der Waals surface area contributed by atoms with E-state index in [0.29, 0.717) is 32.2 Å². The summed E-state index contributed by atoms with van der Waals surface area (Å²) in [5, 5.41) is 11.7. The third-order valence-corrected chi connectivity index (χ3v) is 5.31. The highest BCUT2D eigenvalue weighted by Crippen LogP contribution is 2.09. The van der Waals surface area contributed by atoms with Crippen molar-refractivity contribution in [2.45, 2.75) is 31.8 Å². The molecule has 0 spiro atoms. The molecule has 0 radical (unpaired) electrons. The molecule has 7 nitrogen and oxygen atoms in total. The molecule has 0 saturated carbocycles. The van der Waals surface area contributed by atoms with Crippen molar-refractivity contribution in [3.63, 3.8) is 0 Å². The van der Waals surface area contributed by atoms with Gasteiger partial charge in [-0.05, 0) is 42.5 Å². The second kappa shape index (κ2) is 14.4. The second-order valence-corrected chi connectivity index (χ2v) is 8.75. The highest BCUT2D eigenvalue weighted by molar-refractivity contribution is 14.0. The number of hydrogen-bond donors (Lipinski definition) is 3. The third kappa shape index (κ3) is 10.9. The van der Waals surface area contributed by atoms with Gasteiger partial charge in [-0.1, -0.05) is 49.4 Å². The standard InChI is InChI=1S/C22H32N4O3S.HI/c1-3-24-22(25-14-13-19-9-11-21(12-10-19)30(23,27)28)26-15-18(2)16-29-17-20-7-5-4-6-8-20;/h4-12,18H,3,13-17H2,1-2H3,(H2,23,27,28)(H2,24,25,26);1H. The first kappa shape index (κ1) is 27.3. The van der Waals surface area contributed by atoms with Crippen LogP contribution < -0.4 is 15.8 Å². The van der Waals surface area contributed by atoms with Gasteiger partial charge >= 0.3 is 0 Å². The number of ether oxygens (including phenoxy) is 1. The van der Waals surface area contributed by atoms with Crippen LogP contribution in [0.25, 0.3) is 0 Å². The second-order valence-electron chi connectivity index (χ2n) is 7.19. The number of nitrogens with one attached hydrogen (secondary N) is 2. The number of hydrogen-bond acceptors (Lipinski definition) is 4. The molecule has 0 amide bonds. The maximum atomic E-state index is 11.3. The van der Waals surface area contributed by atoms with E-state index in [1.165, 1.54) is 17.7 Å². The number of aliphatic imine (C=N–C) groups is 1. The molecule has 0 heterocycles. The van der Waals surface area contributed by atoms with Gasteiger partial charge < -0.3 is 15.4 Å². The average Bonchev–Trinajstić information content (AvgIpc) is 2.72. The lowest BCUT2D eigenvalue weighted by Gasteiger charge is -2.14. The molecule has 9 heteroatoms. The van der Waals surface area contributed by atoms with E-state index < -0.39 is 10.0 Å². The van der Waals surface area contributed by atoms with Gasteiger partial charge in [0, 0.05) is 19.6 Å². The number of benzene rings is 2. The SMILES string of the molecule is CCNC(=NCC(C)COCc1ccccc1)NCCc1ccc(S(N)(=O)=O)cc1.I. The lowest BCUT2D eigenvalue weighted by molar-refractivity contribution is 0.0945. The Morgan fingerprint density at radius 2 is 1.74 bits per heavy atom. The molecule has 0 aromatic heterocycles. The van der Waals surface area contributed by atoms with Crippen LogP contribution >= 0.6 is 24.0 Å². The van der Waals surface area contributed by atoms with Crippen molar-refractivity contribution in [3.05, 3.63) is 65.7 Å². The topological polar surface area (TPSA) is 106 Å². The van der Waals surface area contributed by atoms with Gasteiger partial charge in [-0.15, -0.1) is 24.0 Å². The van der Waals surface area contributed by atoms with Gasteiger partial charge in [-0.2, -0.15) is 0 Å². The lowest BCUT2D eigenvalue weighted by atomic mass is 10.1. The van der Waals surface area contributed by atoms with Crippen LogP contribution in [-0.4, -0.2) is 40.6 Å². The van der Waals surface area contributed by atoms with Crippen LogP contribution in [0.1, 0.15) is 25.0 Å². The summed E-state index contributed by atoms with van der Waals surface area (Å²) >= 11 is 0.